The van der Waals surface area contributed by atoms with Crippen molar-refractivity contribution in [3.63, 3.8) is 0 Å². The second kappa shape index (κ2) is 6.43. The number of nitrogens with one attached hydrogen (secondary N) is 1. The van der Waals surface area contributed by atoms with Crippen molar-refractivity contribution in [2.75, 3.05) is 13.2 Å². The molecule has 0 spiro atoms. The molecule has 90 valence electrons. The fourth-order valence-corrected chi connectivity index (χ4v) is 2.14. The average molecular weight is 216 g/mol. The van der Waals surface area contributed by atoms with Gasteiger partial charge in [0.05, 0.1) is 18.8 Å². The molecule has 3 N–H and O–H groups in total. The summed E-state index contributed by atoms with van der Waals surface area (Å²) in [6, 6.07) is 0.208. The third kappa shape index (κ3) is 3.72. The maximum atomic E-state index is 5.65. The maximum absolute atomic E-state index is 5.65. The second-order valence-electron chi connectivity index (χ2n) is 4.43. The zero-order valence-electron chi connectivity index (χ0n) is 10.0. The molecule has 1 rings (SSSR count). The van der Waals surface area contributed by atoms with E-state index < -0.39 is 0 Å². The minimum atomic E-state index is 0.208. The van der Waals surface area contributed by atoms with Gasteiger partial charge in [-0.3, -0.25) is 11.3 Å². The average Bonchev–Trinajstić information content (AvgIpc) is 2.66. The third-order valence-corrected chi connectivity index (χ3v) is 3.00. The van der Waals surface area contributed by atoms with Crippen molar-refractivity contribution >= 4 is 0 Å². The molecule has 0 aromatic rings. The first kappa shape index (κ1) is 12.9. The topological polar surface area (TPSA) is 56.5 Å². The smallest absolute Gasteiger partial charge is 0.0640 e. The minimum absolute atomic E-state index is 0.208. The van der Waals surface area contributed by atoms with Gasteiger partial charge in [0.2, 0.25) is 0 Å². The van der Waals surface area contributed by atoms with E-state index >= 15 is 0 Å². The van der Waals surface area contributed by atoms with Crippen molar-refractivity contribution < 1.29 is 9.47 Å². The van der Waals surface area contributed by atoms with Crippen molar-refractivity contribution in [1.82, 2.24) is 5.43 Å². The van der Waals surface area contributed by atoms with E-state index in [9.17, 15) is 0 Å². The Labute approximate surface area is 92.5 Å². The minimum Gasteiger partial charge on any atom is -0.378 e. The lowest BCUT2D eigenvalue weighted by Gasteiger charge is -2.27. The van der Waals surface area contributed by atoms with Gasteiger partial charge < -0.3 is 9.47 Å². The van der Waals surface area contributed by atoms with Crippen LogP contribution in [0.3, 0.4) is 0 Å². The van der Waals surface area contributed by atoms with Gasteiger partial charge in [-0.15, -0.1) is 0 Å². The number of hydrazine groups is 1. The van der Waals surface area contributed by atoms with Gasteiger partial charge in [0, 0.05) is 18.6 Å². The van der Waals surface area contributed by atoms with Gasteiger partial charge in [0.1, 0.15) is 0 Å². The molecule has 3 unspecified atom stereocenters. The summed E-state index contributed by atoms with van der Waals surface area (Å²) in [5.74, 6) is 6.06. The van der Waals surface area contributed by atoms with Crippen LogP contribution in [0.15, 0.2) is 0 Å². The lowest BCUT2D eigenvalue weighted by molar-refractivity contribution is 0.0262. The molecular formula is C11H24N2O2. The van der Waals surface area contributed by atoms with Gasteiger partial charge in [0.15, 0.2) is 0 Å². The molecule has 3 atom stereocenters. The highest BCUT2D eigenvalue weighted by Gasteiger charge is 2.33. The molecule has 1 heterocycles. The van der Waals surface area contributed by atoms with Gasteiger partial charge in [-0.1, -0.05) is 6.92 Å². The first-order chi connectivity index (χ1) is 7.19. The summed E-state index contributed by atoms with van der Waals surface area (Å²) in [5.41, 5.74) is 2.86. The Morgan fingerprint density at radius 2 is 2.27 bits per heavy atom. The highest BCUT2D eigenvalue weighted by atomic mass is 16.5. The van der Waals surface area contributed by atoms with Crippen LogP contribution < -0.4 is 11.3 Å². The molecule has 0 amide bonds. The molecule has 1 fully saturated rings. The number of nitrogens with two attached hydrogens (primary N) is 1. The highest BCUT2D eigenvalue weighted by Crippen LogP contribution is 2.26. The predicted octanol–water partition coefficient (Wildman–Crippen LogP) is 1.06. The van der Waals surface area contributed by atoms with Crippen LogP contribution >= 0.6 is 0 Å². The Kier molecular flexibility index (Phi) is 5.53. The summed E-state index contributed by atoms with van der Waals surface area (Å²) < 4.78 is 11.3. The Hall–Kier alpha value is -0.160. The Balaban J connectivity index is 2.42. The monoisotopic (exact) mass is 216 g/mol. The van der Waals surface area contributed by atoms with E-state index in [1.54, 1.807) is 0 Å². The molecule has 1 saturated heterocycles. The Morgan fingerprint density at radius 3 is 2.80 bits per heavy atom. The molecule has 15 heavy (non-hydrogen) atoms. The van der Waals surface area contributed by atoms with E-state index in [1.165, 1.54) is 0 Å². The van der Waals surface area contributed by atoms with Crippen LogP contribution in [-0.2, 0) is 9.47 Å². The summed E-state index contributed by atoms with van der Waals surface area (Å²) >= 11 is 0. The van der Waals surface area contributed by atoms with Gasteiger partial charge in [-0.05, 0) is 26.7 Å². The SMILES string of the molecule is CCC1OCCC1C(COC(C)C)NN. The van der Waals surface area contributed by atoms with Crippen LogP contribution in [0.1, 0.15) is 33.6 Å². The highest BCUT2D eigenvalue weighted by molar-refractivity contribution is 4.84. The molecule has 0 aromatic heterocycles. The number of hydrogen-bond acceptors (Lipinski definition) is 4. The van der Waals surface area contributed by atoms with Gasteiger partial charge >= 0.3 is 0 Å². The molecule has 4 heteroatoms. The Morgan fingerprint density at radius 1 is 1.53 bits per heavy atom. The molecule has 0 aromatic carbocycles. The van der Waals surface area contributed by atoms with Crippen LogP contribution in [0.4, 0.5) is 0 Å². The Bertz CT molecular complexity index is 176. The zero-order valence-corrected chi connectivity index (χ0v) is 10.0. The fourth-order valence-electron chi connectivity index (χ4n) is 2.14. The second-order valence-corrected chi connectivity index (χ2v) is 4.43. The third-order valence-electron chi connectivity index (χ3n) is 3.00. The van der Waals surface area contributed by atoms with Crippen LogP contribution in [0.25, 0.3) is 0 Å². The van der Waals surface area contributed by atoms with E-state index in [0.717, 1.165) is 19.4 Å². The summed E-state index contributed by atoms with van der Waals surface area (Å²) in [5, 5.41) is 0. The lowest BCUT2D eigenvalue weighted by atomic mass is 9.92. The van der Waals surface area contributed by atoms with E-state index in [4.69, 9.17) is 15.3 Å². The van der Waals surface area contributed by atoms with E-state index in [-0.39, 0.29) is 12.1 Å². The fraction of sp³-hybridized carbons (Fsp3) is 1.00. The maximum Gasteiger partial charge on any atom is 0.0640 e. The van der Waals surface area contributed by atoms with Crippen LogP contribution in [-0.4, -0.2) is 31.5 Å². The van der Waals surface area contributed by atoms with Gasteiger partial charge in [0.25, 0.3) is 0 Å². The van der Waals surface area contributed by atoms with Crippen LogP contribution in [0.5, 0.6) is 0 Å². The van der Waals surface area contributed by atoms with Crippen molar-refractivity contribution in [3.05, 3.63) is 0 Å². The largest absolute Gasteiger partial charge is 0.378 e. The molecule has 0 aliphatic carbocycles. The first-order valence-electron chi connectivity index (χ1n) is 5.88. The normalized spacial score (nSPS) is 28.6. The van der Waals surface area contributed by atoms with Crippen molar-refractivity contribution in [1.29, 1.82) is 0 Å². The van der Waals surface area contributed by atoms with Crippen molar-refractivity contribution in [3.8, 4) is 0 Å². The van der Waals surface area contributed by atoms with E-state index in [0.29, 0.717) is 18.6 Å². The van der Waals surface area contributed by atoms with E-state index in [1.807, 2.05) is 13.8 Å². The van der Waals surface area contributed by atoms with Gasteiger partial charge in [-0.25, -0.2) is 0 Å². The zero-order chi connectivity index (χ0) is 11.3. The summed E-state index contributed by atoms with van der Waals surface area (Å²) in [7, 11) is 0. The van der Waals surface area contributed by atoms with Crippen LogP contribution in [0, 0.1) is 5.92 Å². The number of rotatable bonds is 6. The summed E-state index contributed by atoms with van der Waals surface area (Å²) in [6.45, 7) is 7.74. The molecule has 1 aliphatic rings. The summed E-state index contributed by atoms with van der Waals surface area (Å²) in [4.78, 5) is 0. The molecular weight excluding hydrogens is 192 g/mol. The van der Waals surface area contributed by atoms with Crippen molar-refractivity contribution in [2.24, 2.45) is 11.8 Å². The standard InChI is InChI=1S/C11H24N2O2/c1-4-11-9(5-6-14-11)10(13-12)7-15-8(2)3/h8-11,13H,4-7,12H2,1-3H3. The summed E-state index contributed by atoms with van der Waals surface area (Å²) in [6.07, 6.45) is 2.71. The van der Waals surface area contributed by atoms with Gasteiger partial charge in [-0.2, -0.15) is 0 Å². The number of hydrogen-bond donors (Lipinski definition) is 2. The van der Waals surface area contributed by atoms with Crippen LogP contribution in [0.2, 0.25) is 0 Å². The molecule has 0 bridgehead atoms. The predicted molar refractivity (Wildman–Crippen MR) is 60.3 cm³/mol. The molecule has 0 radical (unpaired) electrons. The number of ether oxygens (including phenoxy) is 2. The molecule has 4 nitrogen and oxygen atoms in total. The van der Waals surface area contributed by atoms with Crippen molar-refractivity contribution in [2.45, 2.75) is 51.9 Å². The lowest BCUT2D eigenvalue weighted by Crippen LogP contribution is -2.47. The molecule has 0 saturated carbocycles. The quantitative estimate of drug-likeness (QED) is 0.515. The molecule has 1 aliphatic heterocycles. The van der Waals surface area contributed by atoms with E-state index in [2.05, 4.69) is 12.3 Å². The first-order valence-corrected chi connectivity index (χ1v) is 5.88.